The van der Waals surface area contributed by atoms with Crippen LogP contribution in [0.1, 0.15) is 47.7 Å². The molecule has 1 aromatic carbocycles. The number of halogens is 6. The number of sulfonamides is 1. The summed E-state index contributed by atoms with van der Waals surface area (Å²) in [6.07, 6.45) is -7.63. The molecular formula is C20H21F6N3O4S. The Balaban J connectivity index is 1.99. The Labute approximate surface area is 191 Å². The van der Waals surface area contributed by atoms with Gasteiger partial charge < -0.3 is 4.74 Å². The summed E-state index contributed by atoms with van der Waals surface area (Å²) in [5, 5.41) is 4.17. The first-order valence-corrected chi connectivity index (χ1v) is 11.5. The van der Waals surface area contributed by atoms with Crippen molar-refractivity contribution in [2.45, 2.75) is 55.5 Å². The molecule has 0 aliphatic heterocycles. The minimum Gasteiger partial charge on any atom is -0.469 e. The molecule has 1 aromatic heterocycles. The third kappa shape index (κ3) is 5.22. The molecule has 0 fully saturated rings. The number of rotatable bonds is 6. The lowest BCUT2D eigenvalue weighted by Gasteiger charge is -2.31. The highest BCUT2D eigenvalue weighted by atomic mass is 32.2. The lowest BCUT2D eigenvalue weighted by atomic mass is 9.93. The van der Waals surface area contributed by atoms with Gasteiger partial charge in [-0.05, 0) is 37.5 Å². The molecule has 1 aliphatic rings. The second-order valence-corrected chi connectivity index (χ2v) is 9.76. The summed E-state index contributed by atoms with van der Waals surface area (Å²) in [6, 6.07) is -0.581. The first-order valence-electron chi connectivity index (χ1n) is 10.0. The molecule has 14 heteroatoms. The van der Waals surface area contributed by atoms with Gasteiger partial charge in [-0.1, -0.05) is 0 Å². The van der Waals surface area contributed by atoms with E-state index in [9.17, 15) is 39.6 Å². The molecule has 0 radical (unpaired) electrons. The lowest BCUT2D eigenvalue weighted by molar-refractivity contribution is -0.143. The number of aromatic nitrogens is 2. The average Bonchev–Trinajstić information content (AvgIpc) is 3.18. The van der Waals surface area contributed by atoms with Crippen molar-refractivity contribution in [3.05, 3.63) is 46.8 Å². The highest BCUT2D eigenvalue weighted by molar-refractivity contribution is 7.89. The number of ether oxygens (including phenoxy) is 1. The molecule has 0 unspecified atom stereocenters. The summed E-state index contributed by atoms with van der Waals surface area (Å²) < 4.78 is 112. The van der Waals surface area contributed by atoms with Crippen LogP contribution in [0.15, 0.2) is 29.3 Å². The molecule has 0 amide bonds. The molecular weight excluding hydrogens is 492 g/mol. The second kappa shape index (κ2) is 9.21. The summed E-state index contributed by atoms with van der Waals surface area (Å²) in [5.74, 6) is -0.471. The Morgan fingerprint density at radius 1 is 1.15 bits per heavy atom. The smallest absolute Gasteiger partial charge is 0.416 e. The number of carbonyl (C=O) groups excluding carboxylic acids is 1. The molecule has 3 rings (SSSR count). The molecule has 188 valence electrons. The number of methoxy groups -OCH3 is 1. The summed E-state index contributed by atoms with van der Waals surface area (Å²) in [6.45, 7) is 0.174. The number of alkyl halides is 6. The van der Waals surface area contributed by atoms with Gasteiger partial charge in [-0.2, -0.15) is 35.7 Å². The Hall–Kier alpha value is -2.61. The van der Waals surface area contributed by atoms with Gasteiger partial charge in [0.15, 0.2) is 0 Å². The predicted octanol–water partition coefficient (Wildman–Crippen LogP) is 4.18. The van der Waals surface area contributed by atoms with Crippen LogP contribution in [0.2, 0.25) is 0 Å². The zero-order chi connectivity index (χ0) is 25.5. The van der Waals surface area contributed by atoms with Crippen molar-refractivity contribution in [3.8, 4) is 0 Å². The van der Waals surface area contributed by atoms with Crippen LogP contribution in [0.25, 0.3) is 0 Å². The van der Waals surface area contributed by atoms with Crippen LogP contribution >= 0.6 is 0 Å². The second-order valence-electron chi connectivity index (χ2n) is 7.77. The van der Waals surface area contributed by atoms with E-state index in [1.54, 1.807) is 0 Å². The molecule has 1 atom stereocenters. The molecule has 1 aliphatic carbocycles. The summed E-state index contributed by atoms with van der Waals surface area (Å²) in [4.78, 5) is 10.3. The largest absolute Gasteiger partial charge is 0.469 e. The highest BCUT2D eigenvalue weighted by Gasteiger charge is 2.40. The molecule has 0 saturated heterocycles. The van der Waals surface area contributed by atoms with Gasteiger partial charge in [-0.25, -0.2) is 8.42 Å². The van der Waals surface area contributed by atoms with E-state index < -0.39 is 50.4 Å². The first kappa shape index (κ1) is 26.0. The van der Waals surface area contributed by atoms with Crippen molar-refractivity contribution in [2.75, 3.05) is 14.2 Å². The maximum Gasteiger partial charge on any atom is 0.416 e. The molecule has 0 spiro atoms. The van der Waals surface area contributed by atoms with Crippen molar-refractivity contribution in [2.24, 2.45) is 0 Å². The average molecular weight is 513 g/mol. The van der Waals surface area contributed by atoms with Crippen molar-refractivity contribution in [1.29, 1.82) is 0 Å². The van der Waals surface area contributed by atoms with Crippen LogP contribution < -0.4 is 0 Å². The van der Waals surface area contributed by atoms with Gasteiger partial charge in [0, 0.05) is 18.3 Å². The zero-order valence-electron chi connectivity index (χ0n) is 18.1. The van der Waals surface area contributed by atoms with Crippen molar-refractivity contribution >= 4 is 16.0 Å². The fourth-order valence-electron chi connectivity index (χ4n) is 3.87. The van der Waals surface area contributed by atoms with Crippen LogP contribution in [0, 0.1) is 0 Å². The molecule has 0 N–H and O–H groups in total. The molecule has 7 nitrogen and oxygen atoms in total. The van der Waals surface area contributed by atoms with E-state index in [2.05, 4.69) is 9.84 Å². The van der Waals surface area contributed by atoms with Gasteiger partial charge in [-0.3, -0.25) is 9.48 Å². The van der Waals surface area contributed by atoms with E-state index in [-0.39, 0.29) is 37.6 Å². The number of esters is 1. The number of carbonyl (C=O) groups is 1. The highest BCUT2D eigenvalue weighted by Crippen LogP contribution is 2.40. The van der Waals surface area contributed by atoms with Crippen molar-refractivity contribution in [1.82, 2.24) is 14.1 Å². The van der Waals surface area contributed by atoms with Gasteiger partial charge in [0.2, 0.25) is 10.0 Å². The SMILES string of the molecule is COC(=O)CCn1ncc2c1CCC[C@H]2N(C)S(=O)(=O)c1cc(C(F)(F)F)cc(C(F)(F)F)c1. The number of benzene rings is 1. The summed E-state index contributed by atoms with van der Waals surface area (Å²) >= 11 is 0. The van der Waals surface area contributed by atoms with Gasteiger partial charge in [0.1, 0.15) is 0 Å². The van der Waals surface area contributed by atoms with Crippen LogP contribution in [-0.4, -0.2) is 42.6 Å². The summed E-state index contributed by atoms with van der Waals surface area (Å²) in [5.41, 5.74) is -2.31. The van der Waals surface area contributed by atoms with E-state index in [0.29, 0.717) is 24.1 Å². The fraction of sp³-hybridized carbons (Fsp3) is 0.500. The molecule has 0 bridgehead atoms. The Bertz CT molecular complexity index is 1140. The minimum absolute atomic E-state index is 0.0217. The fourth-order valence-corrected chi connectivity index (χ4v) is 5.31. The quantitative estimate of drug-likeness (QED) is 0.428. The number of aryl methyl sites for hydroxylation is 1. The number of nitrogens with zero attached hydrogens (tertiary/aromatic N) is 3. The normalized spacial score (nSPS) is 17.0. The molecule has 0 saturated carbocycles. The first-order chi connectivity index (χ1) is 15.7. The van der Waals surface area contributed by atoms with Crippen LogP contribution in [0.3, 0.4) is 0 Å². The zero-order valence-corrected chi connectivity index (χ0v) is 18.9. The van der Waals surface area contributed by atoms with E-state index in [1.165, 1.54) is 18.0 Å². The van der Waals surface area contributed by atoms with E-state index in [0.717, 1.165) is 11.4 Å². The number of fused-ring (bicyclic) bond motifs is 1. The number of hydrogen-bond donors (Lipinski definition) is 0. The standard InChI is InChI=1S/C20H21F6N3O4S/c1-28(16-4-3-5-17-15(16)11-27-29(17)7-6-18(30)33-2)34(31,32)14-9-12(19(21,22)23)8-13(10-14)20(24,25)26/h8-11,16H,3-7H2,1-2H3/t16-/m1/s1. The third-order valence-electron chi connectivity index (χ3n) is 5.66. The van der Waals surface area contributed by atoms with Gasteiger partial charge >= 0.3 is 18.3 Å². The van der Waals surface area contributed by atoms with E-state index in [1.807, 2.05) is 0 Å². The van der Waals surface area contributed by atoms with Crippen LogP contribution in [0.5, 0.6) is 0 Å². The van der Waals surface area contributed by atoms with Crippen LogP contribution in [0.4, 0.5) is 26.3 Å². The maximum absolute atomic E-state index is 13.2. The Kier molecular flexibility index (Phi) is 7.04. The number of hydrogen-bond acceptors (Lipinski definition) is 5. The predicted molar refractivity (Wildman–Crippen MR) is 106 cm³/mol. The van der Waals surface area contributed by atoms with Crippen molar-refractivity contribution < 1.29 is 44.3 Å². The van der Waals surface area contributed by atoms with Crippen LogP contribution in [-0.2, 0) is 44.9 Å². The Morgan fingerprint density at radius 3 is 2.26 bits per heavy atom. The Morgan fingerprint density at radius 2 is 1.74 bits per heavy atom. The molecule has 2 aromatic rings. The topological polar surface area (TPSA) is 81.5 Å². The van der Waals surface area contributed by atoms with Gasteiger partial charge in [-0.15, -0.1) is 0 Å². The lowest BCUT2D eigenvalue weighted by Crippen LogP contribution is -2.33. The van der Waals surface area contributed by atoms with Gasteiger partial charge in [0.25, 0.3) is 0 Å². The third-order valence-corrected chi connectivity index (χ3v) is 7.51. The minimum atomic E-state index is -5.18. The molecule has 34 heavy (non-hydrogen) atoms. The van der Waals surface area contributed by atoms with Crippen molar-refractivity contribution in [3.63, 3.8) is 0 Å². The van der Waals surface area contributed by atoms with E-state index in [4.69, 9.17) is 0 Å². The maximum atomic E-state index is 13.2. The molecule has 1 heterocycles. The van der Waals surface area contributed by atoms with E-state index >= 15 is 0 Å². The summed E-state index contributed by atoms with van der Waals surface area (Å²) in [7, 11) is -2.41. The monoisotopic (exact) mass is 513 g/mol. The van der Waals surface area contributed by atoms with Gasteiger partial charge in [0.05, 0.1) is 48.3 Å².